The van der Waals surface area contributed by atoms with Crippen molar-refractivity contribution in [1.82, 2.24) is 25.5 Å². The van der Waals surface area contributed by atoms with Gasteiger partial charge in [0.1, 0.15) is 5.75 Å². The Kier molecular flexibility index (Phi) is 6.23. The molecular formula is C14H16F3N5O2S. The number of nitrogens with one attached hydrogen (secondary N) is 1. The predicted molar refractivity (Wildman–Crippen MR) is 84.5 cm³/mol. The lowest BCUT2D eigenvalue weighted by atomic mass is 10.3. The predicted octanol–water partition coefficient (Wildman–Crippen LogP) is 2.57. The standard InChI is InChI=1S/C14H16F3N5O2S/c1-3-9(2)18-12(23)8-25-13-19-20-21-22(13)10-4-6-11(7-5-10)24-14(15,16)17/h4-7,9H,3,8H2,1-2H3,(H,18,23)/t9-/m1/s1. The molecule has 0 saturated carbocycles. The van der Waals surface area contributed by atoms with Gasteiger partial charge in [0.05, 0.1) is 11.4 Å². The summed E-state index contributed by atoms with van der Waals surface area (Å²) in [4.78, 5) is 11.8. The van der Waals surface area contributed by atoms with E-state index in [0.717, 1.165) is 30.3 Å². The lowest BCUT2D eigenvalue weighted by Crippen LogP contribution is -2.33. The zero-order valence-electron chi connectivity index (χ0n) is 13.4. The highest BCUT2D eigenvalue weighted by Gasteiger charge is 2.31. The van der Waals surface area contributed by atoms with E-state index in [1.54, 1.807) is 0 Å². The third-order valence-electron chi connectivity index (χ3n) is 3.11. The van der Waals surface area contributed by atoms with Gasteiger partial charge >= 0.3 is 6.36 Å². The smallest absolute Gasteiger partial charge is 0.406 e. The number of hydrogen-bond acceptors (Lipinski definition) is 6. The molecule has 0 aliphatic carbocycles. The molecule has 136 valence electrons. The van der Waals surface area contributed by atoms with Gasteiger partial charge in [-0.15, -0.1) is 18.3 Å². The van der Waals surface area contributed by atoms with E-state index in [2.05, 4.69) is 25.6 Å². The number of hydrogen-bond donors (Lipinski definition) is 1. The van der Waals surface area contributed by atoms with Crippen LogP contribution in [0, 0.1) is 0 Å². The van der Waals surface area contributed by atoms with Gasteiger partial charge in [-0.1, -0.05) is 18.7 Å². The van der Waals surface area contributed by atoms with Gasteiger partial charge in [-0.25, -0.2) is 0 Å². The van der Waals surface area contributed by atoms with Crippen LogP contribution in [0.4, 0.5) is 13.2 Å². The number of tetrazole rings is 1. The van der Waals surface area contributed by atoms with Crippen molar-refractivity contribution < 1.29 is 22.7 Å². The van der Waals surface area contributed by atoms with Gasteiger partial charge in [0.15, 0.2) is 0 Å². The van der Waals surface area contributed by atoms with Crippen LogP contribution in [0.25, 0.3) is 5.69 Å². The number of thioether (sulfide) groups is 1. The Hall–Kier alpha value is -2.30. The molecule has 11 heteroatoms. The summed E-state index contributed by atoms with van der Waals surface area (Å²) in [5.41, 5.74) is 0.448. The fourth-order valence-electron chi connectivity index (χ4n) is 1.77. The Morgan fingerprint density at radius 1 is 1.36 bits per heavy atom. The van der Waals surface area contributed by atoms with E-state index in [1.165, 1.54) is 16.8 Å². The lowest BCUT2D eigenvalue weighted by molar-refractivity contribution is -0.274. The van der Waals surface area contributed by atoms with E-state index in [1.807, 2.05) is 13.8 Å². The molecule has 1 amide bonds. The number of halogens is 3. The number of ether oxygens (including phenoxy) is 1. The van der Waals surface area contributed by atoms with Gasteiger partial charge in [-0.2, -0.15) is 4.68 Å². The van der Waals surface area contributed by atoms with Crippen LogP contribution in [0.1, 0.15) is 20.3 Å². The molecule has 0 unspecified atom stereocenters. The van der Waals surface area contributed by atoms with Crippen LogP contribution < -0.4 is 10.1 Å². The molecule has 1 atom stereocenters. The maximum absolute atomic E-state index is 12.2. The maximum Gasteiger partial charge on any atom is 0.573 e. The Balaban J connectivity index is 2.02. The van der Waals surface area contributed by atoms with Crippen molar-refractivity contribution >= 4 is 17.7 Å². The minimum absolute atomic E-state index is 0.0743. The zero-order valence-corrected chi connectivity index (χ0v) is 14.3. The van der Waals surface area contributed by atoms with Crippen LogP contribution in [0.15, 0.2) is 29.4 Å². The van der Waals surface area contributed by atoms with E-state index in [-0.39, 0.29) is 23.5 Å². The second kappa shape index (κ2) is 8.19. The Morgan fingerprint density at radius 3 is 2.64 bits per heavy atom. The molecule has 0 fully saturated rings. The molecule has 1 aromatic carbocycles. The van der Waals surface area contributed by atoms with E-state index in [0.29, 0.717) is 10.8 Å². The second-order valence-corrected chi connectivity index (χ2v) is 6.02. The first kappa shape index (κ1) is 19.0. The molecule has 0 aliphatic heterocycles. The number of rotatable bonds is 7. The van der Waals surface area contributed by atoms with Crippen molar-refractivity contribution in [2.45, 2.75) is 37.8 Å². The Labute approximate surface area is 145 Å². The molecule has 0 saturated heterocycles. The van der Waals surface area contributed by atoms with Crippen LogP contribution in [0.3, 0.4) is 0 Å². The fourth-order valence-corrected chi connectivity index (χ4v) is 2.47. The molecule has 0 radical (unpaired) electrons. The molecule has 7 nitrogen and oxygen atoms in total. The highest BCUT2D eigenvalue weighted by atomic mass is 32.2. The molecule has 0 bridgehead atoms. The number of alkyl halides is 3. The molecule has 25 heavy (non-hydrogen) atoms. The zero-order chi connectivity index (χ0) is 18.4. The molecule has 2 rings (SSSR count). The molecule has 1 aromatic heterocycles. The molecule has 0 aliphatic rings. The normalized spacial score (nSPS) is 12.7. The largest absolute Gasteiger partial charge is 0.573 e. The first-order valence-corrected chi connectivity index (χ1v) is 8.33. The molecule has 1 heterocycles. The van der Waals surface area contributed by atoms with Gasteiger partial charge < -0.3 is 10.1 Å². The number of carbonyl (C=O) groups excluding carboxylic acids is 1. The summed E-state index contributed by atoms with van der Waals surface area (Å²) in [5.74, 6) is -0.366. The van der Waals surface area contributed by atoms with Crippen molar-refractivity contribution in [2.75, 3.05) is 5.75 Å². The first-order valence-electron chi connectivity index (χ1n) is 7.35. The van der Waals surface area contributed by atoms with Gasteiger partial charge in [0, 0.05) is 6.04 Å². The highest BCUT2D eigenvalue weighted by Crippen LogP contribution is 2.24. The topological polar surface area (TPSA) is 81.9 Å². The molecule has 1 N–H and O–H groups in total. The van der Waals surface area contributed by atoms with Crippen LogP contribution in [0.2, 0.25) is 0 Å². The fraction of sp³-hybridized carbons (Fsp3) is 0.429. The summed E-state index contributed by atoms with van der Waals surface area (Å²) in [5, 5.41) is 14.3. The number of nitrogens with zero attached hydrogens (tertiary/aromatic N) is 4. The maximum atomic E-state index is 12.2. The van der Waals surface area contributed by atoms with Crippen molar-refractivity contribution in [2.24, 2.45) is 0 Å². The summed E-state index contributed by atoms with van der Waals surface area (Å²) in [6.45, 7) is 3.86. The van der Waals surface area contributed by atoms with E-state index in [9.17, 15) is 18.0 Å². The monoisotopic (exact) mass is 375 g/mol. The summed E-state index contributed by atoms with van der Waals surface area (Å²) in [6.07, 6.45) is -3.93. The molecule has 2 aromatic rings. The third kappa shape index (κ3) is 5.93. The average molecular weight is 375 g/mol. The van der Waals surface area contributed by atoms with Crippen LogP contribution >= 0.6 is 11.8 Å². The van der Waals surface area contributed by atoms with E-state index in [4.69, 9.17) is 0 Å². The number of aromatic nitrogens is 4. The average Bonchev–Trinajstić information content (AvgIpc) is 3.00. The minimum atomic E-state index is -4.75. The van der Waals surface area contributed by atoms with Gasteiger partial charge in [0.25, 0.3) is 0 Å². The summed E-state index contributed by atoms with van der Waals surface area (Å²) in [6, 6.07) is 5.18. The SMILES string of the molecule is CC[C@@H](C)NC(=O)CSc1nnnn1-c1ccc(OC(F)(F)F)cc1. The third-order valence-corrected chi connectivity index (χ3v) is 4.03. The summed E-state index contributed by atoms with van der Waals surface area (Å²) in [7, 11) is 0. The van der Waals surface area contributed by atoms with Gasteiger partial charge in [-0.05, 0) is 48.0 Å². The summed E-state index contributed by atoms with van der Waals surface area (Å²) < 4.78 is 41.7. The van der Waals surface area contributed by atoms with Gasteiger partial charge in [-0.3, -0.25) is 4.79 Å². The second-order valence-electron chi connectivity index (χ2n) is 5.08. The number of carbonyl (C=O) groups is 1. The lowest BCUT2D eigenvalue weighted by Gasteiger charge is -2.11. The van der Waals surface area contributed by atoms with Crippen molar-refractivity contribution in [3.63, 3.8) is 0 Å². The summed E-state index contributed by atoms with van der Waals surface area (Å²) >= 11 is 1.13. The van der Waals surface area contributed by atoms with Crippen molar-refractivity contribution in [3.05, 3.63) is 24.3 Å². The number of amides is 1. The quantitative estimate of drug-likeness (QED) is 0.749. The Bertz CT molecular complexity index is 705. The van der Waals surface area contributed by atoms with Gasteiger partial charge in [0.2, 0.25) is 11.1 Å². The first-order chi connectivity index (χ1) is 11.8. The van der Waals surface area contributed by atoms with Crippen molar-refractivity contribution in [1.29, 1.82) is 0 Å². The number of benzene rings is 1. The highest BCUT2D eigenvalue weighted by molar-refractivity contribution is 7.99. The van der Waals surface area contributed by atoms with E-state index >= 15 is 0 Å². The van der Waals surface area contributed by atoms with Crippen LogP contribution in [0.5, 0.6) is 5.75 Å². The Morgan fingerprint density at radius 2 is 2.04 bits per heavy atom. The molecule has 0 spiro atoms. The van der Waals surface area contributed by atoms with E-state index < -0.39 is 6.36 Å². The van der Waals surface area contributed by atoms with Crippen molar-refractivity contribution in [3.8, 4) is 11.4 Å². The van der Waals surface area contributed by atoms with Crippen LogP contribution in [-0.2, 0) is 4.79 Å². The van der Waals surface area contributed by atoms with Crippen LogP contribution in [-0.4, -0.2) is 44.3 Å². The molecular weight excluding hydrogens is 359 g/mol. The minimum Gasteiger partial charge on any atom is -0.406 e.